The Bertz CT molecular complexity index is 1410. The van der Waals surface area contributed by atoms with Crippen LogP contribution in [0, 0.1) is 0 Å². The number of unbranched alkanes of at least 4 members (excludes halogenated alkanes) is 1. The second-order valence-corrected chi connectivity index (χ2v) is 10.2. The second kappa shape index (κ2) is 11.0. The van der Waals surface area contributed by atoms with Gasteiger partial charge in [-0.1, -0.05) is 55.8 Å². The van der Waals surface area contributed by atoms with Gasteiger partial charge in [-0.25, -0.2) is 9.78 Å². The fraction of sp³-hybridized carbons (Fsp3) is 0.323. The van der Waals surface area contributed by atoms with Crippen LogP contribution in [0.1, 0.15) is 69.2 Å². The number of hydrogen-bond donors (Lipinski definition) is 0. The minimum atomic E-state index is -0.726. The molecule has 0 radical (unpaired) electrons. The molecule has 4 aromatic rings. The first-order valence-corrected chi connectivity index (χ1v) is 12.7. The molecule has 0 fully saturated rings. The Labute approximate surface area is 218 Å². The first-order chi connectivity index (χ1) is 17.6. The number of imidazole rings is 1. The van der Waals surface area contributed by atoms with Gasteiger partial charge in [0.15, 0.2) is 5.78 Å². The highest BCUT2D eigenvalue weighted by Crippen LogP contribution is 2.31. The smallest absolute Gasteiger partial charge is 0.428 e. The molecule has 0 bridgehead atoms. The molecule has 0 amide bonds. The Morgan fingerprint density at radius 3 is 2.38 bits per heavy atom. The average molecular weight is 499 g/mol. The van der Waals surface area contributed by atoms with E-state index in [-0.39, 0.29) is 5.78 Å². The van der Waals surface area contributed by atoms with E-state index in [9.17, 15) is 9.59 Å². The number of carbonyl (C=O) groups excluding carboxylic acids is 2. The number of ketones is 1. The van der Waals surface area contributed by atoms with Crippen LogP contribution in [0.3, 0.4) is 0 Å². The summed E-state index contributed by atoms with van der Waals surface area (Å²) >= 11 is 0. The fourth-order valence-electron chi connectivity index (χ4n) is 4.23. The van der Waals surface area contributed by atoms with Gasteiger partial charge in [-0.3, -0.25) is 4.79 Å². The van der Waals surface area contributed by atoms with Crippen molar-refractivity contribution in [2.45, 2.75) is 66.0 Å². The van der Waals surface area contributed by atoms with Crippen LogP contribution in [0.5, 0.6) is 5.75 Å². The first kappa shape index (κ1) is 26.1. The van der Waals surface area contributed by atoms with Crippen molar-refractivity contribution < 1.29 is 19.1 Å². The second-order valence-electron chi connectivity index (χ2n) is 10.2. The third-order valence-corrected chi connectivity index (χ3v) is 6.06. The number of Topliss-reactive ketones (excluding diaryl/α,β-unsaturated/α-hetero) is 1. The van der Waals surface area contributed by atoms with E-state index >= 15 is 0 Å². The summed E-state index contributed by atoms with van der Waals surface area (Å²) in [5.41, 5.74) is 4.80. The average Bonchev–Trinajstić information content (AvgIpc) is 3.18. The van der Waals surface area contributed by atoms with Crippen LogP contribution in [0.15, 0.2) is 66.7 Å². The van der Waals surface area contributed by atoms with Gasteiger partial charge in [-0.05, 0) is 69.5 Å². The molecule has 0 saturated carbocycles. The van der Waals surface area contributed by atoms with E-state index in [1.165, 1.54) is 0 Å². The summed E-state index contributed by atoms with van der Waals surface area (Å²) in [5.74, 6) is 1.52. The predicted molar refractivity (Wildman–Crippen MR) is 146 cm³/mol. The maximum atomic E-state index is 12.2. The van der Waals surface area contributed by atoms with Crippen molar-refractivity contribution in [3.05, 3.63) is 83.7 Å². The number of rotatable bonds is 8. The number of ether oxygens (including phenoxy) is 2. The van der Waals surface area contributed by atoms with Crippen molar-refractivity contribution in [1.29, 1.82) is 0 Å². The fourth-order valence-corrected chi connectivity index (χ4v) is 4.23. The molecule has 0 spiro atoms. The van der Waals surface area contributed by atoms with Gasteiger partial charge < -0.3 is 14.0 Å². The summed E-state index contributed by atoms with van der Waals surface area (Å²) in [6.07, 6.45) is 2.29. The van der Waals surface area contributed by atoms with Gasteiger partial charge in [0.05, 0.1) is 11.0 Å². The largest absolute Gasteiger partial charge is 0.514 e. The number of fused-ring (bicyclic) bond motifs is 1. The van der Waals surface area contributed by atoms with Crippen molar-refractivity contribution in [1.82, 2.24) is 9.55 Å². The number of nitrogens with zero attached hydrogens (tertiary/aromatic N) is 2. The number of hydrogen-bond acceptors (Lipinski definition) is 5. The van der Waals surface area contributed by atoms with Crippen LogP contribution in [-0.2, 0) is 17.7 Å². The van der Waals surface area contributed by atoms with Gasteiger partial charge in [0.1, 0.15) is 17.2 Å². The molecular weight excluding hydrogens is 464 g/mol. The predicted octanol–water partition coefficient (Wildman–Crippen LogP) is 7.61. The molecule has 0 unspecified atom stereocenters. The summed E-state index contributed by atoms with van der Waals surface area (Å²) in [4.78, 5) is 29.0. The number of carbonyl (C=O) groups is 2. The van der Waals surface area contributed by atoms with Gasteiger partial charge in [0, 0.05) is 24.1 Å². The van der Waals surface area contributed by atoms with E-state index < -0.39 is 11.8 Å². The van der Waals surface area contributed by atoms with Crippen molar-refractivity contribution in [2.75, 3.05) is 0 Å². The minimum absolute atomic E-state index is 0.0399. The monoisotopic (exact) mass is 498 g/mol. The highest BCUT2D eigenvalue weighted by molar-refractivity contribution is 5.97. The SMILES string of the molecule is CCCCc1nc2cc(C(C)=O)ccc2n1Cc1ccc(-c2ccccc2OC(=O)OC(C)(C)C)cc1. The highest BCUT2D eigenvalue weighted by atomic mass is 16.7. The van der Waals surface area contributed by atoms with Crippen LogP contribution < -0.4 is 4.74 Å². The molecule has 0 N–H and O–H groups in total. The lowest BCUT2D eigenvalue weighted by Gasteiger charge is -2.19. The number of benzene rings is 3. The molecule has 6 nitrogen and oxygen atoms in total. The Morgan fingerprint density at radius 2 is 1.70 bits per heavy atom. The molecule has 1 heterocycles. The molecule has 4 rings (SSSR count). The van der Waals surface area contributed by atoms with Crippen LogP contribution in [0.4, 0.5) is 4.79 Å². The van der Waals surface area contributed by atoms with Crippen LogP contribution in [0.25, 0.3) is 22.2 Å². The molecular formula is C31H34N2O4. The van der Waals surface area contributed by atoms with Crippen molar-refractivity contribution >= 4 is 23.0 Å². The van der Waals surface area contributed by atoms with Gasteiger partial charge in [0.2, 0.25) is 0 Å². The zero-order chi connectivity index (χ0) is 26.6. The van der Waals surface area contributed by atoms with E-state index in [4.69, 9.17) is 14.5 Å². The molecule has 6 heteroatoms. The highest BCUT2D eigenvalue weighted by Gasteiger charge is 2.19. The molecule has 0 aliphatic heterocycles. The third-order valence-electron chi connectivity index (χ3n) is 6.06. The zero-order valence-corrected chi connectivity index (χ0v) is 22.2. The molecule has 192 valence electrons. The zero-order valence-electron chi connectivity index (χ0n) is 22.2. The molecule has 0 atom stereocenters. The molecule has 1 aromatic heterocycles. The summed E-state index contributed by atoms with van der Waals surface area (Å²) in [6.45, 7) is 9.83. The Kier molecular flexibility index (Phi) is 7.77. The van der Waals surface area contributed by atoms with Crippen LogP contribution >= 0.6 is 0 Å². The summed E-state index contributed by atoms with van der Waals surface area (Å²) < 4.78 is 13.1. The minimum Gasteiger partial charge on any atom is -0.428 e. The number of aryl methyl sites for hydroxylation is 1. The molecule has 0 aliphatic carbocycles. The number of para-hydroxylation sites is 1. The topological polar surface area (TPSA) is 70.4 Å². The third kappa shape index (κ3) is 6.45. The lowest BCUT2D eigenvalue weighted by Crippen LogP contribution is -2.26. The molecule has 0 aliphatic rings. The Hall–Kier alpha value is -3.93. The van der Waals surface area contributed by atoms with Gasteiger partial charge >= 0.3 is 6.16 Å². The Balaban J connectivity index is 1.60. The van der Waals surface area contributed by atoms with Gasteiger partial charge in [-0.2, -0.15) is 0 Å². The number of aromatic nitrogens is 2. The Morgan fingerprint density at radius 1 is 0.973 bits per heavy atom. The van der Waals surface area contributed by atoms with E-state index in [2.05, 4.69) is 23.6 Å². The van der Waals surface area contributed by atoms with Crippen molar-refractivity contribution in [3.8, 4) is 16.9 Å². The van der Waals surface area contributed by atoms with Gasteiger partial charge in [-0.15, -0.1) is 0 Å². The molecule has 37 heavy (non-hydrogen) atoms. The summed E-state index contributed by atoms with van der Waals surface area (Å²) in [7, 11) is 0. The quantitative estimate of drug-likeness (QED) is 0.142. The van der Waals surface area contributed by atoms with E-state index in [1.54, 1.807) is 33.8 Å². The van der Waals surface area contributed by atoms with E-state index in [0.29, 0.717) is 17.9 Å². The maximum Gasteiger partial charge on any atom is 0.514 e. The standard InChI is InChI=1S/C31H34N2O4/c1-6-7-12-29-32-26-19-24(21(2)34)17-18-27(26)33(29)20-22-13-15-23(16-14-22)25-10-8-9-11-28(25)36-30(35)37-31(3,4)5/h8-11,13-19H,6-7,12,20H2,1-5H3. The summed E-state index contributed by atoms with van der Waals surface area (Å²) in [6, 6.07) is 21.4. The van der Waals surface area contributed by atoms with E-state index in [1.807, 2.05) is 48.5 Å². The maximum absolute atomic E-state index is 12.2. The lowest BCUT2D eigenvalue weighted by molar-refractivity contribution is 0.0207. The normalized spacial score (nSPS) is 11.5. The van der Waals surface area contributed by atoms with Crippen LogP contribution in [-0.4, -0.2) is 27.1 Å². The van der Waals surface area contributed by atoms with Gasteiger partial charge in [0.25, 0.3) is 0 Å². The molecule has 0 saturated heterocycles. The first-order valence-electron chi connectivity index (χ1n) is 12.7. The van der Waals surface area contributed by atoms with Crippen LogP contribution in [0.2, 0.25) is 0 Å². The van der Waals surface area contributed by atoms with Crippen molar-refractivity contribution in [2.24, 2.45) is 0 Å². The molecule has 3 aromatic carbocycles. The summed E-state index contributed by atoms with van der Waals surface area (Å²) in [5, 5.41) is 0. The van der Waals surface area contributed by atoms with E-state index in [0.717, 1.165) is 52.8 Å². The van der Waals surface area contributed by atoms with Crippen molar-refractivity contribution in [3.63, 3.8) is 0 Å². The lowest BCUT2D eigenvalue weighted by atomic mass is 10.0.